The minimum absolute atomic E-state index is 0. The summed E-state index contributed by atoms with van der Waals surface area (Å²) in [4.78, 5) is 29.4. The number of hydrogen-bond acceptors (Lipinski definition) is 4. The first kappa shape index (κ1) is 20.7. The number of amides is 2. The van der Waals surface area contributed by atoms with Gasteiger partial charge < -0.3 is 25.6 Å². The molecule has 0 radical (unpaired) electrons. The molecule has 4 N–H and O–H groups in total. The van der Waals surface area contributed by atoms with Crippen molar-refractivity contribution in [2.45, 2.75) is 38.9 Å². The molecule has 8 nitrogen and oxygen atoms in total. The third-order valence-electron chi connectivity index (χ3n) is 4.63. The van der Waals surface area contributed by atoms with Gasteiger partial charge in [0.25, 0.3) is 0 Å². The van der Waals surface area contributed by atoms with E-state index in [0.29, 0.717) is 19.5 Å². The molecule has 2 amide bonds. The number of anilines is 1. The van der Waals surface area contributed by atoms with Crippen LogP contribution in [0.15, 0.2) is 30.7 Å². The predicted molar refractivity (Wildman–Crippen MR) is 105 cm³/mol. The van der Waals surface area contributed by atoms with Crippen LogP contribution in [-0.4, -0.2) is 39.2 Å². The minimum atomic E-state index is -1.08. The highest BCUT2D eigenvalue weighted by atomic mass is 35.5. The van der Waals surface area contributed by atoms with Crippen molar-refractivity contribution in [2.75, 3.05) is 11.4 Å². The number of carboxylic acid groups (broad SMARTS) is 1. The van der Waals surface area contributed by atoms with Crippen molar-refractivity contribution in [1.82, 2.24) is 14.9 Å². The Labute approximate surface area is 163 Å². The zero-order valence-electron chi connectivity index (χ0n) is 15.3. The van der Waals surface area contributed by atoms with Crippen LogP contribution in [0.3, 0.4) is 0 Å². The Morgan fingerprint density at radius 1 is 1.41 bits per heavy atom. The molecule has 3 rings (SSSR count). The summed E-state index contributed by atoms with van der Waals surface area (Å²) in [5, 5.41) is 11.8. The normalized spacial score (nSPS) is 18.4. The lowest BCUT2D eigenvalue weighted by Gasteiger charge is -2.39. The van der Waals surface area contributed by atoms with Gasteiger partial charge in [-0.2, -0.15) is 0 Å². The molecular formula is C18H24ClN5O3. The molecule has 0 saturated heterocycles. The van der Waals surface area contributed by atoms with Gasteiger partial charge in [0.05, 0.1) is 18.1 Å². The Balaban J connectivity index is 0.00000261. The average molecular weight is 394 g/mol. The van der Waals surface area contributed by atoms with Gasteiger partial charge in [-0.05, 0) is 31.0 Å². The van der Waals surface area contributed by atoms with Crippen molar-refractivity contribution in [3.05, 3.63) is 36.3 Å². The number of imidazole rings is 1. The van der Waals surface area contributed by atoms with Crippen molar-refractivity contribution < 1.29 is 14.7 Å². The fraction of sp³-hybridized carbons (Fsp3) is 0.389. The van der Waals surface area contributed by atoms with Crippen molar-refractivity contribution in [2.24, 2.45) is 5.73 Å². The van der Waals surface area contributed by atoms with E-state index < -0.39 is 6.09 Å². The molecule has 1 aliphatic heterocycles. The zero-order chi connectivity index (χ0) is 18.8. The van der Waals surface area contributed by atoms with Crippen LogP contribution in [0.4, 0.5) is 10.5 Å². The van der Waals surface area contributed by atoms with Gasteiger partial charge in [0.2, 0.25) is 5.91 Å². The highest BCUT2D eigenvalue weighted by Crippen LogP contribution is 2.39. The van der Waals surface area contributed by atoms with E-state index in [0.717, 1.165) is 22.5 Å². The van der Waals surface area contributed by atoms with Gasteiger partial charge in [-0.3, -0.25) is 4.79 Å². The number of fused-ring (bicyclic) bond motifs is 1. The third-order valence-corrected chi connectivity index (χ3v) is 4.63. The van der Waals surface area contributed by atoms with E-state index in [4.69, 9.17) is 5.73 Å². The lowest BCUT2D eigenvalue weighted by Crippen LogP contribution is -2.45. The molecule has 0 spiro atoms. The van der Waals surface area contributed by atoms with Crippen molar-refractivity contribution in [3.63, 3.8) is 0 Å². The molecule has 2 aromatic rings. The molecule has 27 heavy (non-hydrogen) atoms. The Morgan fingerprint density at radius 3 is 2.78 bits per heavy atom. The number of benzene rings is 1. The standard InChI is InChI=1S/C18H23N5O3.ClH/c1-11-7-15(21-18(25)26)14-8-13(3-4-17(14)23(11)12(2)24)16-9-22(6-5-19)10-20-16;/h3-4,8-11,15,21H,5-7,19H2,1-2H3,(H,25,26);1H/t11-,15+;/m0./s1. The molecule has 9 heteroatoms. The Morgan fingerprint density at radius 2 is 2.15 bits per heavy atom. The third kappa shape index (κ3) is 4.23. The smallest absolute Gasteiger partial charge is 0.405 e. The Hall–Kier alpha value is -2.58. The molecule has 0 bridgehead atoms. The van der Waals surface area contributed by atoms with Crippen LogP contribution in [0.25, 0.3) is 11.3 Å². The quantitative estimate of drug-likeness (QED) is 0.738. The fourth-order valence-corrected chi connectivity index (χ4v) is 3.57. The zero-order valence-corrected chi connectivity index (χ0v) is 16.1. The highest BCUT2D eigenvalue weighted by Gasteiger charge is 2.33. The van der Waals surface area contributed by atoms with E-state index in [9.17, 15) is 14.7 Å². The molecule has 2 atom stereocenters. The van der Waals surface area contributed by atoms with Crippen LogP contribution >= 0.6 is 12.4 Å². The summed E-state index contributed by atoms with van der Waals surface area (Å²) in [6.07, 6.45) is 3.06. The SMILES string of the molecule is CC(=O)N1c2ccc(-c3cn(CCN)cn3)cc2[C@H](NC(=O)O)C[C@@H]1C.Cl. The van der Waals surface area contributed by atoms with Gasteiger partial charge >= 0.3 is 6.09 Å². The molecule has 1 aromatic heterocycles. The van der Waals surface area contributed by atoms with Gasteiger partial charge in [-0.25, -0.2) is 9.78 Å². The average Bonchev–Trinajstić information content (AvgIpc) is 3.02. The van der Waals surface area contributed by atoms with E-state index in [1.165, 1.54) is 6.92 Å². The molecule has 0 fully saturated rings. The molecule has 146 valence electrons. The number of rotatable bonds is 4. The molecule has 0 unspecified atom stereocenters. The van der Waals surface area contributed by atoms with Crippen LogP contribution < -0.4 is 16.0 Å². The van der Waals surface area contributed by atoms with Gasteiger partial charge in [0, 0.05) is 43.5 Å². The lowest BCUT2D eigenvalue weighted by molar-refractivity contribution is -0.117. The lowest BCUT2D eigenvalue weighted by atomic mass is 9.90. The van der Waals surface area contributed by atoms with Crippen LogP contribution in [0.1, 0.15) is 31.9 Å². The molecule has 1 aliphatic rings. The van der Waals surface area contributed by atoms with E-state index in [-0.39, 0.29) is 30.4 Å². The summed E-state index contributed by atoms with van der Waals surface area (Å²) >= 11 is 0. The first-order valence-electron chi connectivity index (χ1n) is 8.56. The minimum Gasteiger partial charge on any atom is -0.465 e. The summed E-state index contributed by atoms with van der Waals surface area (Å²) in [6.45, 7) is 4.64. The number of aromatic nitrogens is 2. The summed E-state index contributed by atoms with van der Waals surface area (Å²) in [7, 11) is 0. The molecular weight excluding hydrogens is 370 g/mol. The first-order chi connectivity index (χ1) is 12.4. The van der Waals surface area contributed by atoms with Gasteiger partial charge in [-0.1, -0.05) is 6.07 Å². The van der Waals surface area contributed by atoms with Crippen LogP contribution in [0.2, 0.25) is 0 Å². The molecule has 0 saturated carbocycles. The summed E-state index contributed by atoms with van der Waals surface area (Å²) in [6, 6.07) is 5.21. The molecule has 2 heterocycles. The van der Waals surface area contributed by atoms with Gasteiger partial charge in [0.15, 0.2) is 0 Å². The summed E-state index contributed by atoms with van der Waals surface area (Å²) in [5.74, 6) is -0.0625. The maximum Gasteiger partial charge on any atom is 0.405 e. The Bertz CT molecular complexity index is 838. The Kier molecular flexibility index (Phi) is 6.45. The number of nitrogens with two attached hydrogens (primary N) is 1. The predicted octanol–water partition coefficient (Wildman–Crippen LogP) is 2.38. The fourth-order valence-electron chi connectivity index (χ4n) is 3.57. The van der Waals surface area contributed by atoms with Gasteiger partial charge in [-0.15, -0.1) is 12.4 Å². The number of halogens is 1. The van der Waals surface area contributed by atoms with E-state index in [2.05, 4.69) is 10.3 Å². The second kappa shape index (κ2) is 8.41. The summed E-state index contributed by atoms with van der Waals surface area (Å²) < 4.78 is 1.91. The maximum atomic E-state index is 12.1. The largest absolute Gasteiger partial charge is 0.465 e. The number of nitrogens with one attached hydrogen (secondary N) is 1. The molecule has 1 aromatic carbocycles. The van der Waals surface area contributed by atoms with Crippen LogP contribution in [0.5, 0.6) is 0 Å². The van der Waals surface area contributed by atoms with Crippen LogP contribution in [-0.2, 0) is 11.3 Å². The van der Waals surface area contributed by atoms with Crippen LogP contribution in [0, 0.1) is 0 Å². The monoisotopic (exact) mass is 393 g/mol. The first-order valence-corrected chi connectivity index (χ1v) is 8.56. The van der Waals surface area contributed by atoms with Crippen molar-refractivity contribution >= 4 is 30.1 Å². The topological polar surface area (TPSA) is 113 Å². The van der Waals surface area contributed by atoms with E-state index >= 15 is 0 Å². The summed E-state index contributed by atoms with van der Waals surface area (Å²) in [5.41, 5.74) is 8.74. The number of carbonyl (C=O) groups excluding carboxylic acids is 1. The van der Waals surface area contributed by atoms with Gasteiger partial charge in [0.1, 0.15) is 0 Å². The second-order valence-corrected chi connectivity index (χ2v) is 6.53. The maximum absolute atomic E-state index is 12.1. The highest BCUT2D eigenvalue weighted by molar-refractivity contribution is 5.94. The molecule has 0 aliphatic carbocycles. The number of hydrogen-bond donors (Lipinski definition) is 3. The number of carbonyl (C=O) groups is 2. The van der Waals surface area contributed by atoms with Crippen molar-refractivity contribution in [1.29, 1.82) is 0 Å². The van der Waals surface area contributed by atoms with E-state index in [1.54, 1.807) is 11.2 Å². The van der Waals surface area contributed by atoms with E-state index in [1.807, 2.05) is 35.9 Å². The van der Waals surface area contributed by atoms with Crippen molar-refractivity contribution in [3.8, 4) is 11.3 Å². The number of nitrogens with zero attached hydrogens (tertiary/aromatic N) is 3. The second-order valence-electron chi connectivity index (χ2n) is 6.53.